The third-order valence-electron chi connectivity index (χ3n) is 2.00. The normalized spacial score (nSPS) is 13.1. The molecule has 78 valence electrons. The van der Waals surface area contributed by atoms with Crippen molar-refractivity contribution in [3.05, 3.63) is 18.0 Å². The van der Waals surface area contributed by atoms with Gasteiger partial charge in [-0.25, -0.2) is 0 Å². The zero-order chi connectivity index (χ0) is 10.7. The van der Waals surface area contributed by atoms with E-state index in [9.17, 15) is 4.79 Å². The first-order chi connectivity index (χ1) is 6.50. The third kappa shape index (κ3) is 2.56. The van der Waals surface area contributed by atoms with E-state index in [1.807, 2.05) is 20.0 Å². The van der Waals surface area contributed by atoms with Crippen LogP contribution in [0.25, 0.3) is 0 Å². The van der Waals surface area contributed by atoms with Crippen LogP contribution in [0.1, 0.15) is 37.9 Å². The first-order valence-electron chi connectivity index (χ1n) is 4.58. The van der Waals surface area contributed by atoms with E-state index >= 15 is 0 Å². The molecule has 0 saturated carbocycles. The third-order valence-corrected chi connectivity index (χ3v) is 2.00. The maximum absolute atomic E-state index is 10.6. The second-order valence-electron chi connectivity index (χ2n) is 3.62. The van der Waals surface area contributed by atoms with Crippen LogP contribution in [-0.4, -0.2) is 15.7 Å². The Morgan fingerprint density at radius 3 is 2.71 bits per heavy atom. The van der Waals surface area contributed by atoms with Crippen molar-refractivity contribution in [2.45, 2.75) is 32.4 Å². The summed E-state index contributed by atoms with van der Waals surface area (Å²) in [5.41, 5.74) is 11.7. The fraction of sp³-hybridized carbons (Fsp3) is 0.556. The molecule has 0 aliphatic rings. The monoisotopic (exact) mass is 196 g/mol. The minimum absolute atomic E-state index is 0.157. The predicted molar refractivity (Wildman–Crippen MR) is 53.4 cm³/mol. The van der Waals surface area contributed by atoms with Gasteiger partial charge in [-0.05, 0) is 13.8 Å². The molecule has 1 aromatic heterocycles. The zero-order valence-electron chi connectivity index (χ0n) is 8.47. The summed E-state index contributed by atoms with van der Waals surface area (Å²) in [6.07, 6.45) is 3.68. The van der Waals surface area contributed by atoms with Crippen LogP contribution in [0.3, 0.4) is 0 Å². The lowest BCUT2D eigenvalue weighted by Gasteiger charge is -2.06. The summed E-state index contributed by atoms with van der Waals surface area (Å²) in [5.74, 6) is -0.394. The van der Waals surface area contributed by atoms with Gasteiger partial charge in [0.2, 0.25) is 5.91 Å². The van der Waals surface area contributed by atoms with E-state index in [0.717, 1.165) is 5.56 Å². The van der Waals surface area contributed by atoms with Gasteiger partial charge in [0.1, 0.15) is 0 Å². The van der Waals surface area contributed by atoms with Gasteiger partial charge in [0, 0.05) is 30.3 Å². The van der Waals surface area contributed by atoms with Crippen LogP contribution in [0.4, 0.5) is 0 Å². The standard InChI is InChI=1S/C9H16N4O/c1-6(2)13-5-7(4-12-13)8(10)3-9(11)14/h4-6,8H,3,10H2,1-2H3,(H2,11,14)/t8-/m1/s1. The maximum atomic E-state index is 10.6. The molecule has 5 heteroatoms. The van der Waals surface area contributed by atoms with Gasteiger partial charge in [0.15, 0.2) is 0 Å². The number of amides is 1. The van der Waals surface area contributed by atoms with Gasteiger partial charge < -0.3 is 11.5 Å². The molecule has 0 unspecified atom stereocenters. The fourth-order valence-corrected chi connectivity index (χ4v) is 1.16. The number of hydrogen-bond acceptors (Lipinski definition) is 3. The van der Waals surface area contributed by atoms with Crippen LogP contribution in [0.15, 0.2) is 12.4 Å². The number of nitrogens with zero attached hydrogens (tertiary/aromatic N) is 2. The van der Waals surface area contributed by atoms with Crippen LogP contribution in [0.5, 0.6) is 0 Å². The van der Waals surface area contributed by atoms with Crippen molar-refractivity contribution in [1.29, 1.82) is 0 Å². The summed E-state index contributed by atoms with van der Waals surface area (Å²) < 4.78 is 1.80. The first kappa shape index (κ1) is 10.7. The second kappa shape index (κ2) is 4.23. The summed E-state index contributed by atoms with van der Waals surface area (Å²) >= 11 is 0. The van der Waals surface area contributed by atoms with Gasteiger partial charge in [-0.15, -0.1) is 0 Å². The molecule has 0 fully saturated rings. The van der Waals surface area contributed by atoms with Gasteiger partial charge >= 0.3 is 0 Å². The van der Waals surface area contributed by atoms with Crippen molar-refractivity contribution in [2.75, 3.05) is 0 Å². The molecule has 0 aromatic carbocycles. The molecule has 5 nitrogen and oxygen atoms in total. The summed E-state index contributed by atoms with van der Waals surface area (Å²) in [5, 5.41) is 4.13. The van der Waals surface area contributed by atoms with E-state index in [1.165, 1.54) is 0 Å². The molecule has 0 saturated heterocycles. The molecular weight excluding hydrogens is 180 g/mol. The highest BCUT2D eigenvalue weighted by Gasteiger charge is 2.11. The minimum atomic E-state index is -0.394. The number of hydrogen-bond donors (Lipinski definition) is 2. The highest BCUT2D eigenvalue weighted by atomic mass is 16.1. The summed E-state index contributed by atoms with van der Waals surface area (Å²) in [7, 11) is 0. The molecule has 1 rings (SSSR count). The number of nitrogens with two attached hydrogens (primary N) is 2. The molecule has 1 heterocycles. The average molecular weight is 196 g/mol. The molecule has 14 heavy (non-hydrogen) atoms. The molecule has 4 N–H and O–H groups in total. The molecule has 1 amide bonds. The van der Waals surface area contributed by atoms with Crippen molar-refractivity contribution in [3.63, 3.8) is 0 Å². The van der Waals surface area contributed by atoms with Gasteiger partial charge in [0.05, 0.1) is 6.20 Å². The van der Waals surface area contributed by atoms with Crippen LogP contribution in [-0.2, 0) is 4.79 Å². The van der Waals surface area contributed by atoms with Gasteiger partial charge in [-0.3, -0.25) is 9.48 Å². The average Bonchev–Trinajstić information content (AvgIpc) is 2.50. The van der Waals surface area contributed by atoms with E-state index in [1.54, 1.807) is 10.9 Å². The van der Waals surface area contributed by atoms with Gasteiger partial charge in [-0.1, -0.05) is 0 Å². The smallest absolute Gasteiger partial charge is 0.219 e. The Hall–Kier alpha value is -1.36. The molecule has 1 atom stereocenters. The molecule has 0 radical (unpaired) electrons. The number of aromatic nitrogens is 2. The topological polar surface area (TPSA) is 86.9 Å². The second-order valence-corrected chi connectivity index (χ2v) is 3.62. The molecule has 0 aliphatic carbocycles. The quantitative estimate of drug-likeness (QED) is 0.728. The van der Waals surface area contributed by atoms with E-state index in [-0.39, 0.29) is 12.5 Å². The number of primary amides is 1. The largest absolute Gasteiger partial charge is 0.370 e. The number of rotatable bonds is 4. The Morgan fingerprint density at radius 2 is 2.29 bits per heavy atom. The number of carbonyl (C=O) groups excluding carboxylic acids is 1. The van der Waals surface area contributed by atoms with E-state index in [4.69, 9.17) is 11.5 Å². The Kier molecular flexibility index (Phi) is 3.24. The summed E-state index contributed by atoms with van der Waals surface area (Å²) in [4.78, 5) is 10.6. The highest BCUT2D eigenvalue weighted by molar-refractivity contribution is 5.74. The van der Waals surface area contributed by atoms with E-state index in [2.05, 4.69) is 5.10 Å². The molecule has 0 spiro atoms. The van der Waals surface area contributed by atoms with Crippen molar-refractivity contribution in [2.24, 2.45) is 11.5 Å². The first-order valence-corrected chi connectivity index (χ1v) is 4.58. The predicted octanol–water partition coefficient (Wildman–Crippen LogP) is 0.339. The van der Waals surface area contributed by atoms with Crippen molar-refractivity contribution >= 4 is 5.91 Å². The lowest BCUT2D eigenvalue weighted by atomic mass is 10.1. The lowest BCUT2D eigenvalue weighted by molar-refractivity contribution is -0.118. The Balaban J connectivity index is 2.71. The van der Waals surface area contributed by atoms with Crippen LogP contribution >= 0.6 is 0 Å². The Morgan fingerprint density at radius 1 is 1.64 bits per heavy atom. The van der Waals surface area contributed by atoms with Crippen LogP contribution in [0, 0.1) is 0 Å². The highest BCUT2D eigenvalue weighted by Crippen LogP contribution is 2.14. The SMILES string of the molecule is CC(C)n1cc([C@H](N)CC(N)=O)cn1. The fourth-order valence-electron chi connectivity index (χ4n) is 1.16. The van der Waals surface area contributed by atoms with Crippen molar-refractivity contribution < 1.29 is 4.79 Å². The van der Waals surface area contributed by atoms with Crippen molar-refractivity contribution in [1.82, 2.24) is 9.78 Å². The van der Waals surface area contributed by atoms with Gasteiger partial charge in [0.25, 0.3) is 0 Å². The van der Waals surface area contributed by atoms with E-state index in [0.29, 0.717) is 6.04 Å². The number of carbonyl (C=O) groups is 1. The summed E-state index contributed by atoms with van der Waals surface area (Å²) in [6, 6.07) is -0.0514. The van der Waals surface area contributed by atoms with Crippen molar-refractivity contribution in [3.8, 4) is 0 Å². The Bertz CT molecular complexity index is 318. The minimum Gasteiger partial charge on any atom is -0.370 e. The molecule has 0 bridgehead atoms. The maximum Gasteiger partial charge on any atom is 0.219 e. The molecule has 1 aromatic rings. The summed E-state index contributed by atoms with van der Waals surface area (Å²) in [6.45, 7) is 4.05. The lowest BCUT2D eigenvalue weighted by Crippen LogP contribution is -2.20. The molecule has 0 aliphatic heterocycles. The zero-order valence-corrected chi connectivity index (χ0v) is 8.47. The van der Waals surface area contributed by atoms with E-state index < -0.39 is 5.91 Å². The Labute approximate surface area is 83.1 Å². The molecular formula is C9H16N4O. The van der Waals surface area contributed by atoms with Gasteiger partial charge in [-0.2, -0.15) is 5.10 Å². The van der Waals surface area contributed by atoms with Crippen LogP contribution in [0.2, 0.25) is 0 Å². The van der Waals surface area contributed by atoms with Crippen LogP contribution < -0.4 is 11.5 Å².